The third-order valence-electron chi connectivity index (χ3n) is 2.29. The Morgan fingerprint density at radius 1 is 1.62 bits per heavy atom. The van der Waals surface area contributed by atoms with Crippen molar-refractivity contribution in [1.82, 2.24) is 5.43 Å². The Bertz CT molecular complexity index is 382. The molecule has 1 atom stereocenters. The maximum atomic E-state index is 11.3. The lowest BCUT2D eigenvalue weighted by molar-refractivity contribution is -0.122. The minimum absolute atomic E-state index is 0.250. The number of nitrogens with one attached hydrogen (secondary N) is 1. The summed E-state index contributed by atoms with van der Waals surface area (Å²) in [6.07, 6.45) is 0. The van der Waals surface area contributed by atoms with Crippen molar-refractivity contribution in [1.29, 1.82) is 0 Å². The van der Waals surface area contributed by atoms with Gasteiger partial charge in [0.25, 0.3) is 0 Å². The van der Waals surface area contributed by atoms with Crippen LogP contribution in [-0.2, 0) is 4.79 Å². The third kappa shape index (κ3) is 2.87. The number of hydrogen-bond donors (Lipinski definition) is 2. The molecule has 0 saturated carbocycles. The van der Waals surface area contributed by atoms with Crippen molar-refractivity contribution in [2.75, 3.05) is 6.61 Å². The predicted molar refractivity (Wildman–Crippen MR) is 63.4 cm³/mol. The van der Waals surface area contributed by atoms with Crippen molar-refractivity contribution in [3.8, 4) is 5.75 Å². The summed E-state index contributed by atoms with van der Waals surface area (Å²) in [6.45, 7) is 4.20. The number of ether oxygens (including phenoxy) is 1. The number of benzene rings is 1. The van der Waals surface area contributed by atoms with Gasteiger partial charge in [0.2, 0.25) is 5.91 Å². The quantitative estimate of drug-likeness (QED) is 0.481. The highest BCUT2D eigenvalue weighted by molar-refractivity contribution is 6.32. The summed E-state index contributed by atoms with van der Waals surface area (Å²) in [5.41, 5.74) is 2.91. The van der Waals surface area contributed by atoms with Gasteiger partial charge in [-0.15, -0.1) is 0 Å². The van der Waals surface area contributed by atoms with E-state index in [4.69, 9.17) is 22.2 Å². The number of nitrogens with two attached hydrogens (primary N) is 1. The molecule has 16 heavy (non-hydrogen) atoms. The van der Waals surface area contributed by atoms with Crippen LogP contribution in [0.5, 0.6) is 5.75 Å². The molecule has 1 amide bonds. The standard InChI is InChI=1S/C11H15ClN2O2/c1-3-16-10-5-4-8(6-9(10)12)7(2)11(15)14-13/h4-7H,3,13H2,1-2H3,(H,14,15). The van der Waals surface area contributed by atoms with Gasteiger partial charge in [-0.3, -0.25) is 10.2 Å². The third-order valence-corrected chi connectivity index (χ3v) is 2.59. The number of hydrogen-bond acceptors (Lipinski definition) is 3. The first kappa shape index (κ1) is 12.8. The van der Waals surface area contributed by atoms with Crippen LogP contribution in [0.25, 0.3) is 0 Å². The topological polar surface area (TPSA) is 64.3 Å². The Hall–Kier alpha value is -1.26. The fraction of sp³-hybridized carbons (Fsp3) is 0.364. The summed E-state index contributed by atoms with van der Waals surface area (Å²) in [6, 6.07) is 5.27. The Labute approximate surface area is 99.7 Å². The minimum atomic E-state index is -0.335. The maximum Gasteiger partial charge on any atom is 0.241 e. The van der Waals surface area contributed by atoms with Gasteiger partial charge in [0, 0.05) is 0 Å². The van der Waals surface area contributed by atoms with Gasteiger partial charge < -0.3 is 4.74 Å². The second-order valence-electron chi connectivity index (χ2n) is 3.35. The Morgan fingerprint density at radius 2 is 2.31 bits per heavy atom. The van der Waals surface area contributed by atoms with Crippen molar-refractivity contribution in [3.63, 3.8) is 0 Å². The van der Waals surface area contributed by atoms with Crippen molar-refractivity contribution >= 4 is 17.5 Å². The number of amides is 1. The predicted octanol–water partition coefficient (Wildman–Crippen LogP) is 1.83. The first-order valence-electron chi connectivity index (χ1n) is 5.02. The van der Waals surface area contributed by atoms with Crippen molar-refractivity contribution in [3.05, 3.63) is 28.8 Å². The van der Waals surface area contributed by atoms with E-state index in [1.807, 2.05) is 6.92 Å². The molecule has 1 unspecified atom stereocenters. The molecule has 0 aliphatic rings. The molecular formula is C11H15ClN2O2. The SMILES string of the molecule is CCOc1ccc(C(C)C(=O)NN)cc1Cl. The van der Waals surface area contributed by atoms with E-state index >= 15 is 0 Å². The number of rotatable bonds is 4. The minimum Gasteiger partial charge on any atom is -0.492 e. The molecule has 4 nitrogen and oxygen atoms in total. The smallest absolute Gasteiger partial charge is 0.241 e. The molecule has 0 saturated heterocycles. The van der Waals surface area contributed by atoms with Crippen LogP contribution in [-0.4, -0.2) is 12.5 Å². The van der Waals surface area contributed by atoms with Crippen LogP contribution < -0.4 is 16.0 Å². The average Bonchev–Trinajstić information content (AvgIpc) is 2.30. The zero-order valence-electron chi connectivity index (χ0n) is 9.29. The number of hydrazine groups is 1. The first-order chi connectivity index (χ1) is 7.60. The molecule has 0 fully saturated rings. The monoisotopic (exact) mass is 242 g/mol. The zero-order valence-corrected chi connectivity index (χ0v) is 10.0. The summed E-state index contributed by atoms with van der Waals surface area (Å²) >= 11 is 6.01. The lowest BCUT2D eigenvalue weighted by atomic mass is 10.0. The molecule has 5 heteroatoms. The van der Waals surface area contributed by atoms with Gasteiger partial charge in [-0.1, -0.05) is 17.7 Å². The molecule has 0 bridgehead atoms. The molecular weight excluding hydrogens is 228 g/mol. The van der Waals surface area contributed by atoms with E-state index in [-0.39, 0.29) is 11.8 Å². The lowest BCUT2D eigenvalue weighted by Crippen LogP contribution is -2.33. The summed E-state index contributed by atoms with van der Waals surface area (Å²) < 4.78 is 5.30. The fourth-order valence-corrected chi connectivity index (χ4v) is 1.58. The molecule has 88 valence electrons. The molecule has 1 aromatic carbocycles. The second kappa shape index (κ2) is 5.72. The summed E-state index contributed by atoms with van der Waals surface area (Å²) in [7, 11) is 0. The van der Waals surface area contributed by atoms with E-state index in [9.17, 15) is 4.79 Å². The van der Waals surface area contributed by atoms with E-state index in [0.717, 1.165) is 5.56 Å². The summed E-state index contributed by atoms with van der Waals surface area (Å²) in [5, 5.41) is 0.496. The Balaban J connectivity index is 2.92. The van der Waals surface area contributed by atoms with E-state index in [1.54, 1.807) is 25.1 Å². The molecule has 0 aliphatic heterocycles. The van der Waals surface area contributed by atoms with Crippen LogP contribution in [0.2, 0.25) is 5.02 Å². The van der Waals surface area contributed by atoms with Crippen LogP contribution in [0.3, 0.4) is 0 Å². The number of carbonyl (C=O) groups is 1. The van der Waals surface area contributed by atoms with Gasteiger partial charge in [-0.05, 0) is 31.5 Å². The average molecular weight is 243 g/mol. The molecule has 0 aliphatic carbocycles. The highest BCUT2D eigenvalue weighted by atomic mass is 35.5. The van der Waals surface area contributed by atoms with Crippen molar-refractivity contribution in [2.45, 2.75) is 19.8 Å². The van der Waals surface area contributed by atoms with Gasteiger partial charge in [0.05, 0.1) is 17.5 Å². The Kier molecular flexibility index (Phi) is 4.58. The van der Waals surface area contributed by atoms with Gasteiger partial charge in [-0.25, -0.2) is 5.84 Å². The van der Waals surface area contributed by atoms with Crippen LogP contribution >= 0.6 is 11.6 Å². The molecule has 0 spiro atoms. The van der Waals surface area contributed by atoms with Gasteiger partial charge in [-0.2, -0.15) is 0 Å². The number of halogens is 1. The molecule has 0 radical (unpaired) electrons. The summed E-state index contributed by atoms with van der Waals surface area (Å²) in [4.78, 5) is 11.3. The molecule has 1 aromatic rings. The van der Waals surface area contributed by atoms with Gasteiger partial charge in [0.1, 0.15) is 5.75 Å². The van der Waals surface area contributed by atoms with E-state index in [0.29, 0.717) is 17.4 Å². The zero-order chi connectivity index (χ0) is 12.1. The van der Waals surface area contributed by atoms with Gasteiger partial charge >= 0.3 is 0 Å². The van der Waals surface area contributed by atoms with Gasteiger partial charge in [0.15, 0.2) is 0 Å². The normalized spacial score (nSPS) is 12.0. The van der Waals surface area contributed by atoms with E-state index in [1.165, 1.54) is 0 Å². The molecule has 0 heterocycles. The second-order valence-corrected chi connectivity index (χ2v) is 3.76. The number of carbonyl (C=O) groups excluding carboxylic acids is 1. The highest BCUT2D eigenvalue weighted by Gasteiger charge is 2.15. The Morgan fingerprint density at radius 3 is 2.81 bits per heavy atom. The van der Waals surface area contributed by atoms with Crippen molar-refractivity contribution in [2.24, 2.45) is 5.84 Å². The molecule has 1 rings (SSSR count). The fourth-order valence-electron chi connectivity index (χ4n) is 1.34. The maximum absolute atomic E-state index is 11.3. The van der Waals surface area contributed by atoms with Crippen LogP contribution in [0, 0.1) is 0 Å². The highest BCUT2D eigenvalue weighted by Crippen LogP contribution is 2.28. The first-order valence-corrected chi connectivity index (χ1v) is 5.40. The summed E-state index contributed by atoms with van der Waals surface area (Å²) in [5.74, 6) is 5.10. The van der Waals surface area contributed by atoms with Crippen LogP contribution in [0.1, 0.15) is 25.3 Å². The van der Waals surface area contributed by atoms with E-state index < -0.39 is 0 Å². The van der Waals surface area contributed by atoms with Crippen LogP contribution in [0.15, 0.2) is 18.2 Å². The van der Waals surface area contributed by atoms with Crippen molar-refractivity contribution < 1.29 is 9.53 Å². The largest absolute Gasteiger partial charge is 0.492 e. The van der Waals surface area contributed by atoms with Crippen LogP contribution in [0.4, 0.5) is 0 Å². The van der Waals surface area contributed by atoms with E-state index in [2.05, 4.69) is 5.43 Å². The lowest BCUT2D eigenvalue weighted by Gasteiger charge is -2.12. The molecule has 3 N–H and O–H groups in total. The molecule has 0 aromatic heterocycles.